The van der Waals surface area contributed by atoms with Crippen LogP contribution in [0.5, 0.6) is 0 Å². The Morgan fingerprint density at radius 3 is 1.43 bits per heavy atom. The molecule has 0 aliphatic heterocycles. The number of hydrogen-bond donors (Lipinski definition) is 0. The number of hydrogen-bond acceptors (Lipinski definition) is 0. The van der Waals surface area contributed by atoms with Gasteiger partial charge in [0.2, 0.25) is 0 Å². The van der Waals surface area contributed by atoms with Crippen LogP contribution in [0, 0.1) is 0 Å². The lowest BCUT2D eigenvalue weighted by molar-refractivity contribution is 0.795. The van der Waals surface area contributed by atoms with Crippen LogP contribution in [0.3, 0.4) is 0 Å². The standard InChI is InChI=1S/C42H38/c1-3-5-9-29-13-17-31(18-14-29)40-22-21-35-25-38-26-36-23-33-11-7-8-12-34(33)24-37(36)27-39(38)28-41(35)42(40)32-19-15-30(16-20-32)10-6-4-2/h7-8,11-28H,3-6,9-10H2,1-2H3. The lowest BCUT2D eigenvalue weighted by Crippen LogP contribution is -1.91. The third-order valence-electron chi connectivity index (χ3n) is 8.94. The normalized spacial score (nSPS) is 11.7. The second kappa shape index (κ2) is 11.5. The molecule has 206 valence electrons. The summed E-state index contributed by atoms with van der Waals surface area (Å²) in [4.78, 5) is 0. The van der Waals surface area contributed by atoms with Crippen molar-refractivity contribution in [3.05, 3.63) is 132 Å². The zero-order valence-electron chi connectivity index (χ0n) is 24.8. The lowest BCUT2D eigenvalue weighted by atomic mass is 9.87. The zero-order valence-corrected chi connectivity index (χ0v) is 24.8. The second-order valence-electron chi connectivity index (χ2n) is 11.9. The second-order valence-corrected chi connectivity index (χ2v) is 11.9. The number of unbranched alkanes of at least 4 members (excludes halogenated alkanes) is 2. The molecule has 0 saturated heterocycles. The van der Waals surface area contributed by atoms with Gasteiger partial charge in [-0.3, -0.25) is 0 Å². The van der Waals surface area contributed by atoms with E-state index in [1.807, 2.05) is 0 Å². The SMILES string of the molecule is CCCCc1ccc(-c2ccc3cc4cc5cc6ccccc6cc5cc4cc3c2-c2ccc(CCCC)cc2)cc1. The first kappa shape index (κ1) is 26.5. The summed E-state index contributed by atoms with van der Waals surface area (Å²) in [6.07, 6.45) is 7.22. The molecule has 0 unspecified atom stereocenters. The third-order valence-corrected chi connectivity index (χ3v) is 8.94. The van der Waals surface area contributed by atoms with E-state index >= 15 is 0 Å². The van der Waals surface area contributed by atoms with E-state index in [9.17, 15) is 0 Å². The summed E-state index contributed by atoms with van der Waals surface area (Å²) >= 11 is 0. The van der Waals surface area contributed by atoms with E-state index < -0.39 is 0 Å². The molecule has 0 aliphatic carbocycles. The van der Waals surface area contributed by atoms with Crippen molar-refractivity contribution in [1.29, 1.82) is 0 Å². The molecule has 0 saturated carbocycles. The molecule has 42 heavy (non-hydrogen) atoms. The summed E-state index contributed by atoms with van der Waals surface area (Å²) in [6.45, 7) is 4.53. The summed E-state index contributed by atoms with van der Waals surface area (Å²) in [5.74, 6) is 0. The van der Waals surface area contributed by atoms with Gasteiger partial charge in [-0.2, -0.15) is 0 Å². The molecular weight excluding hydrogens is 504 g/mol. The smallest absolute Gasteiger partial charge is 0.00266 e. The number of rotatable bonds is 8. The van der Waals surface area contributed by atoms with Gasteiger partial charge in [0.1, 0.15) is 0 Å². The minimum Gasteiger partial charge on any atom is -0.0654 e. The van der Waals surface area contributed by atoms with Crippen molar-refractivity contribution >= 4 is 43.1 Å². The Balaban J connectivity index is 1.43. The van der Waals surface area contributed by atoms with Gasteiger partial charge in [-0.15, -0.1) is 0 Å². The highest BCUT2D eigenvalue weighted by Crippen LogP contribution is 2.41. The fourth-order valence-corrected chi connectivity index (χ4v) is 6.52. The van der Waals surface area contributed by atoms with E-state index in [0.717, 1.165) is 12.8 Å². The van der Waals surface area contributed by atoms with Crippen molar-refractivity contribution in [3.8, 4) is 22.3 Å². The molecular formula is C42H38. The third kappa shape index (κ3) is 5.07. The van der Waals surface area contributed by atoms with Gasteiger partial charge >= 0.3 is 0 Å². The van der Waals surface area contributed by atoms with E-state index in [2.05, 4.69) is 135 Å². The molecule has 0 N–H and O–H groups in total. The van der Waals surface area contributed by atoms with Crippen LogP contribution in [0.25, 0.3) is 65.3 Å². The maximum atomic E-state index is 2.43. The van der Waals surface area contributed by atoms with Crippen LogP contribution in [0.2, 0.25) is 0 Å². The first-order chi connectivity index (χ1) is 20.7. The van der Waals surface area contributed by atoms with Crippen LogP contribution in [-0.4, -0.2) is 0 Å². The first-order valence-electron chi connectivity index (χ1n) is 15.7. The Kier molecular flexibility index (Phi) is 7.22. The Hall–Kier alpha value is -4.42. The molecule has 0 heterocycles. The highest BCUT2D eigenvalue weighted by molar-refractivity contribution is 6.12. The van der Waals surface area contributed by atoms with E-state index in [4.69, 9.17) is 0 Å². The molecule has 7 rings (SSSR count). The van der Waals surface area contributed by atoms with E-state index in [1.54, 1.807) is 0 Å². The first-order valence-corrected chi connectivity index (χ1v) is 15.7. The van der Waals surface area contributed by atoms with Crippen molar-refractivity contribution in [2.24, 2.45) is 0 Å². The highest BCUT2D eigenvalue weighted by Gasteiger charge is 2.14. The monoisotopic (exact) mass is 542 g/mol. The summed E-state index contributed by atoms with van der Waals surface area (Å²) in [7, 11) is 0. The molecule has 0 bridgehead atoms. The summed E-state index contributed by atoms with van der Waals surface area (Å²) in [5, 5.41) is 10.4. The van der Waals surface area contributed by atoms with Crippen molar-refractivity contribution in [2.45, 2.75) is 52.4 Å². The van der Waals surface area contributed by atoms with Gasteiger partial charge in [0.25, 0.3) is 0 Å². The molecule has 0 aromatic heterocycles. The maximum absolute atomic E-state index is 2.43. The predicted molar refractivity (Wildman–Crippen MR) is 185 cm³/mol. The summed E-state index contributed by atoms with van der Waals surface area (Å²) < 4.78 is 0. The van der Waals surface area contributed by atoms with Crippen molar-refractivity contribution in [1.82, 2.24) is 0 Å². The predicted octanol–water partition coefficient (Wildman–Crippen LogP) is 12.3. The fourth-order valence-electron chi connectivity index (χ4n) is 6.52. The minimum absolute atomic E-state index is 1.14. The molecule has 0 amide bonds. The Morgan fingerprint density at radius 2 is 0.881 bits per heavy atom. The van der Waals surface area contributed by atoms with Gasteiger partial charge in [0, 0.05) is 0 Å². The summed E-state index contributed by atoms with van der Waals surface area (Å²) in [5.41, 5.74) is 8.05. The fraction of sp³-hybridized carbons (Fsp3) is 0.190. The van der Waals surface area contributed by atoms with Gasteiger partial charge in [-0.1, -0.05) is 112 Å². The van der Waals surface area contributed by atoms with E-state index in [-0.39, 0.29) is 0 Å². The Morgan fingerprint density at radius 1 is 0.405 bits per heavy atom. The molecule has 0 spiro atoms. The van der Waals surface area contributed by atoms with Crippen LogP contribution in [0.15, 0.2) is 121 Å². The number of fused-ring (bicyclic) bond motifs is 4. The van der Waals surface area contributed by atoms with E-state index in [1.165, 1.54) is 102 Å². The quantitative estimate of drug-likeness (QED) is 0.168. The molecule has 7 aromatic rings. The average Bonchev–Trinajstić information content (AvgIpc) is 3.03. The zero-order chi connectivity index (χ0) is 28.5. The maximum Gasteiger partial charge on any atom is -0.00266 e. The topological polar surface area (TPSA) is 0 Å². The van der Waals surface area contributed by atoms with Crippen molar-refractivity contribution in [3.63, 3.8) is 0 Å². The van der Waals surface area contributed by atoms with Crippen LogP contribution in [0.1, 0.15) is 50.7 Å². The van der Waals surface area contributed by atoms with Crippen LogP contribution in [0.4, 0.5) is 0 Å². The minimum atomic E-state index is 1.14. The molecule has 7 aromatic carbocycles. The number of benzene rings is 7. The van der Waals surface area contributed by atoms with Gasteiger partial charge in [0.05, 0.1) is 0 Å². The van der Waals surface area contributed by atoms with Gasteiger partial charge in [-0.25, -0.2) is 0 Å². The molecule has 0 radical (unpaired) electrons. The van der Waals surface area contributed by atoms with Crippen LogP contribution in [-0.2, 0) is 12.8 Å². The molecule has 0 nitrogen and oxygen atoms in total. The highest BCUT2D eigenvalue weighted by atomic mass is 14.2. The Bertz CT molecular complexity index is 2030. The summed E-state index contributed by atoms with van der Waals surface area (Å²) in [6, 6.07) is 46.2. The van der Waals surface area contributed by atoms with Crippen molar-refractivity contribution in [2.75, 3.05) is 0 Å². The lowest BCUT2D eigenvalue weighted by Gasteiger charge is -2.16. The van der Waals surface area contributed by atoms with Crippen LogP contribution < -0.4 is 0 Å². The van der Waals surface area contributed by atoms with Crippen LogP contribution >= 0.6 is 0 Å². The molecule has 0 heteroatoms. The van der Waals surface area contributed by atoms with Gasteiger partial charge in [-0.05, 0) is 139 Å². The largest absolute Gasteiger partial charge is 0.0654 e. The molecule has 0 atom stereocenters. The molecule has 0 aliphatic rings. The Labute approximate surface area is 249 Å². The average molecular weight is 543 g/mol. The van der Waals surface area contributed by atoms with E-state index in [0.29, 0.717) is 0 Å². The molecule has 0 fully saturated rings. The number of aryl methyl sites for hydroxylation is 2. The van der Waals surface area contributed by atoms with Gasteiger partial charge < -0.3 is 0 Å². The van der Waals surface area contributed by atoms with Crippen molar-refractivity contribution < 1.29 is 0 Å². The van der Waals surface area contributed by atoms with Gasteiger partial charge in [0.15, 0.2) is 0 Å².